The highest BCUT2D eigenvalue weighted by Crippen LogP contribution is 1.78. The second-order valence-corrected chi connectivity index (χ2v) is 1.33. The summed E-state index contributed by atoms with van der Waals surface area (Å²) in [6.07, 6.45) is -7.22. The molecule has 0 aromatic rings. The summed E-state index contributed by atoms with van der Waals surface area (Å²) < 4.78 is 3.08. The van der Waals surface area contributed by atoms with E-state index in [1.54, 1.807) is 0 Å². The molecule has 0 aliphatic rings. The van der Waals surface area contributed by atoms with Crippen molar-refractivity contribution in [3.05, 3.63) is 0 Å². The van der Waals surface area contributed by atoms with E-state index < -0.39 is 24.6 Å². The topological polar surface area (TPSA) is 177 Å². The first-order valence-corrected chi connectivity index (χ1v) is 2.69. The van der Waals surface area contributed by atoms with Gasteiger partial charge in [0.1, 0.15) is 0 Å². The molecule has 4 N–H and O–H groups in total. The number of carboxylic acid groups (broad SMARTS) is 4. The molecule has 15 heavy (non-hydrogen) atoms. The van der Waals surface area contributed by atoms with Crippen molar-refractivity contribution in [2.45, 2.75) is 0 Å². The van der Waals surface area contributed by atoms with Crippen molar-refractivity contribution >= 4 is 24.6 Å². The van der Waals surface area contributed by atoms with E-state index in [-0.39, 0.29) is 0 Å². The zero-order valence-corrected chi connectivity index (χ0v) is 6.65. The molecular formula is C4H4O11. The van der Waals surface area contributed by atoms with Crippen LogP contribution in [-0.4, -0.2) is 45.0 Å². The summed E-state index contributed by atoms with van der Waals surface area (Å²) in [7, 11) is 0. The Morgan fingerprint density at radius 2 is 0.867 bits per heavy atom. The minimum atomic E-state index is -1.81. The van der Waals surface area contributed by atoms with Gasteiger partial charge < -0.3 is 25.2 Å². The molecule has 0 spiro atoms. The van der Waals surface area contributed by atoms with Crippen LogP contribution in [0.15, 0.2) is 0 Å². The Morgan fingerprint density at radius 1 is 0.600 bits per heavy atom. The zero-order valence-electron chi connectivity index (χ0n) is 6.65. The molecule has 11 heteroatoms. The maximum absolute atomic E-state index is 9.29. The predicted molar refractivity (Wildman–Crippen MR) is 35.4 cm³/mol. The number of carbonyl (C=O) groups is 4. The molecule has 0 bridgehead atoms. The van der Waals surface area contributed by atoms with Crippen molar-refractivity contribution in [2.75, 3.05) is 0 Å². The van der Waals surface area contributed by atoms with Crippen LogP contribution in [0.25, 0.3) is 0 Å². The lowest BCUT2D eigenvalue weighted by molar-refractivity contribution is -0.208. The fraction of sp³-hybridized carbons (Fsp3) is 0. The van der Waals surface area contributed by atoms with Gasteiger partial charge in [-0.05, 0) is 0 Å². The molecule has 86 valence electrons. The highest BCUT2D eigenvalue weighted by Gasteiger charge is 2.02. The molecule has 0 aromatic heterocycles. The van der Waals surface area contributed by atoms with Crippen LogP contribution in [0.3, 0.4) is 0 Å². The number of ether oxygens (including phenoxy) is 1. The van der Waals surface area contributed by atoms with Gasteiger partial charge in [-0.1, -0.05) is 0 Å². The molecule has 0 atom stereocenters. The molecule has 0 rings (SSSR count). The summed E-state index contributed by atoms with van der Waals surface area (Å²) in [5, 5.41) is 30.1. The summed E-state index contributed by atoms with van der Waals surface area (Å²) >= 11 is 0. The third kappa shape index (κ3) is 24.6. The van der Waals surface area contributed by atoms with Gasteiger partial charge in [0.25, 0.3) is 0 Å². The van der Waals surface area contributed by atoms with Crippen molar-refractivity contribution in [1.82, 2.24) is 0 Å². The fourth-order valence-electron chi connectivity index (χ4n) is 0.146. The second kappa shape index (κ2) is 7.90. The van der Waals surface area contributed by atoms with Crippen LogP contribution in [0, 0.1) is 0 Å². The van der Waals surface area contributed by atoms with Crippen LogP contribution in [0.4, 0.5) is 19.2 Å². The van der Waals surface area contributed by atoms with E-state index in [0.29, 0.717) is 0 Å². The van der Waals surface area contributed by atoms with Gasteiger partial charge in [-0.15, -0.1) is 0 Å². The van der Waals surface area contributed by atoms with Gasteiger partial charge in [0.15, 0.2) is 0 Å². The van der Waals surface area contributed by atoms with Gasteiger partial charge in [0.2, 0.25) is 0 Å². The summed E-state index contributed by atoms with van der Waals surface area (Å²) in [5.41, 5.74) is 0. The monoisotopic (exact) mass is 228 g/mol. The third-order valence-electron chi connectivity index (χ3n) is 0.359. The maximum atomic E-state index is 9.29. The summed E-state index contributed by atoms with van der Waals surface area (Å²) in [6, 6.07) is 0. The molecule has 0 unspecified atom stereocenters. The zero-order chi connectivity index (χ0) is 12.4. The molecule has 0 amide bonds. The highest BCUT2D eigenvalue weighted by atomic mass is 17.2. The van der Waals surface area contributed by atoms with Crippen molar-refractivity contribution in [3.63, 3.8) is 0 Å². The molecule has 0 aliphatic carbocycles. The van der Waals surface area contributed by atoms with Crippen LogP contribution >= 0.6 is 0 Å². The quantitative estimate of drug-likeness (QED) is 0.198. The van der Waals surface area contributed by atoms with E-state index in [0.717, 1.165) is 0 Å². The van der Waals surface area contributed by atoms with E-state index in [4.69, 9.17) is 20.4 Å². The standard InChI is InChI=1S/C2H2O6.C2H2O5/c3-1(4)7-8-2(5)6;3-1(4)7-2(5)6/h(H,3,4)(H,5,6);(H,3,4)(H,5,6). The SMILES string of the molecule is O=C(O)OC(=O)O.O=C(O)OOC(=O)O. The first kappa shape index (κ1) is 14.8. The largest absolute Gasteiger partial charge is 0.547 e. The average Bonchev–Trinajstić information content (AvgIpc) is 1.99. The van der Waals surface area contributed by atoms with Crippen molar-refractivity contribution in [2.24, 2.45) is 0 Å². The lowest BCUT2D eigenvalue weighted by atomic mass is 11.3. The normalized spacial score (nSPS) is 7.47. The minimum Gasteiger partial charge on any atom is -0.449 e. The van der Waals surface area contributed by atoms with Crippen LogP contribution in [0.5, 0.6) is 0 Å². The number of rotatable bonds is 0. The maximum Gasteiger partial charge on any atom is 0.547 e. The van der Waals surface area contributed by atoms with Crippen LogP contribution in [-0.2, 0) is 14.5 Å². The molecule has 0 saturated carbocycles. The lowest BCUT2D eigenvalue weighted by Crippen LogP contribution is -2.05. The molecule has 0 saturated heterocycles. The fourth-order valence-corrected chi connectivity index (χ4v) is 0.146. The van der Waals surface area contributed by atoms with Crippen molar-refractivity contribution in [3.8, 4) is 0 Å². The van der Waals surface area contributed by atoms with E-state index in [9.17, 15) is 19.2 Å². The third-order valence-corrected chi connectivity index (χ3v) is 0.359. The Kier molecular flexibility index (Phi) is 7.79. The molecule has 0 aliphatic heterocycles. The Bertz CT molecular complexity index is 227. The Morgan fingerprint density at radius 3 is 0.933 bits per heavy atom. The van der Waals surface area contributed by atoms with Crippen LogP contribution < -0.4 is 0 Å². The summed E-state index contributed by atoms with van der Waals surface area (Å²) in [6.45, 7) is 0. The summed E-state index contributed by atoms with van der Waals surface area (Å²) in [4.78, 5) is 43.2. The van der Waals surface area contributed by atoms with Gasteiger partial charge in [0.05, 0.1) is 0 Å². The van der Waals surface area contributed by atoms with Crippen molar-refractivity contribution < 1.29 is 54.1 Å². The second-order valence-electron chi connectivity index (χ2n) is 1.33. The molecule has 0 aromatic carbocycles. The molecule has 11 nitrogen and oxygen atoms in total. The van der Waals surface area contributed by atoms with E-state index in [2.05, 4.69) is 14.5 Å². The minimum absolute atomic E-state index is 1.80. The highest BCUT2D eigenvalue weighted by molar-refractivity contribution is 5.74. The summed E-state index contributed by atoms with van der Waals surface area (Å²) in [5.74, 6) is 0. The van der Waals surface area contributed by atoms with Gasteiger partial charge >= 0.3 is 24.6 Å². The average molecular weight is 228 g/mol. The molecule has 0 heterocycles. The first-order chi connectivity index (χ1) is 6.75. The molecular weight excluding hydrogens is 224 g/mol. The van der Waals surface area contributed by atoms with Gasteiger partial charge in [-0.2, -0.15) is 0 Å². The first-order valence-electron chi connectivity index (χ1n) is 2.69. The van der Waals surface area contributed by atoms with Crippen molar-refractivity contribution in [1.29, 1.82) is 0 Å². The Hall–Kier alpha value is -2.72. The Balaban J connectivity index is 0. The van der Waals surface area contributed by atoms with Gasteiger partial charge in [-0.3, -0.25) is 0 Å². The van der Waals surface area contributed by atoms with E-state index >= 15 is 0 Å². The van der Waals surface area contributed by atoms with E-state index in [1.165, 1.54) is 0 Å². The number of hydrogen-bond acceptors (Lipinski definition) is 7. The molecule has 0 fully saturated rings. The van der Waals surface area contributed by atoms with Gasteiger partial charge in [0, 0.05) is 0 Å². The Labute approximate surface area is 79.9 Å². The molecule has 0 radical (unpaired) electrons. The number of hydrogen-bond donors (Lipinski definition) is 4. The smallest absolute Gasteiger partial charge is 0.449 e. The van der Waals surface area contributed by atoms with Crippen LogP contribution in [0.2, 0.25) is 0 Å². The van der Waals surface area contributed by atoms with Gasteiger partial charge in [-0.25, -0.2) is 29.0 Å². The lowest BCUT2D eigenvalue weighted by Gasteiger charge is -1.89. The predicted octanol–water partition coefficient (Wildman–Crippen LogP) is 0.650. The van der Waals surface area contributed by atoms with Crippen LogP contribution in [0.1, 0.15) is 0 Å². The van der Waals surface area contributed by atoms with E-state index in [1.807, 2.05) is 0 Å².